The van der Waals surface area contributed by atoms with Gasteiger partial charge in [-0.05, 0) is 30.5 Å². The van der Waals surface area contributed by atoms with E-state index in [-0.39, 0.29) is 11.8 Å². The third kappa shape index (κ3) is 8.04. The highest BCUT2D eigenvalue weighted by Gasteiger charge is 2.26. The topological polar surface area (TPSA) is 49.4 Å². The summed E-state index contributed by atoms with van der Waals surface area (Å²) in [7, 11) is 0. The third-order valence-electron chi connectivity index (χ3n) is 4.87. The number of rotatable bonds is 12. The summed E-state index contributed by atoms with van der Waals surface area (Å²) in [5.74, 6) is 1.41. The molecule has 2 aromatic rings. The van der Waals surface area contributed by atoms with Crippen molar-refractivity contribution in [3.8, 4) is 0 Å². The minimum Gasteiger partial charge on any atom is -0.354 e. The lowest BCUT2D eigenvalue weighted by atomic mass is 10.1. The Hall–Kier alpha value is -1.98. The van der Waals surface area contributed by atoms with Crippen LogP contribution in [0.2, 0.25) is 5.02 Å². The smallest absolute Gasteiger partial charge is 0.242 e. The molecule has 0 saturated carbocycles. The predicted octanol–water partition coefficient (Wildman–Crippen LogP) is 5.30. The molecule has 4 nitrogen and oxygen atoms in total. The quantitative estimate of drug-likeness (QED) is 0.450. The molecular formula is C24H31ClN2O2S. The number of thioether (sulfide) groups is 1. The zero-order valence-electron chi connectivity index (χ0n) is 17.8. The van der Waals surface area contributed by atoms with Crippen molar-refractivity contribution >= 4 is 35.2 Å². The van der Waals surface area contributed by atoms with Crippen molar-refractivity contribution < 1.29 is 9.59 Å². The van der Waals surface area contributed by atoms with Crippen LogP contribution in [0.25, 0.3) is 0 Å². The first-order valence-electron chi connectivity index (χ1n) is 10.4. The van der Waals surface area contributed by atoms with Gasteiger partial charge in [0.05, 0.1) is 0 Å². The summed E-state index contributed by atoms with van der Waals surface area (Å²) in [4.78, 5) is 27.3. The molecule has 1 atom stereocenters. The second kappa shape index (κ2) is 13.3. The van der Waals surface area contributed by atoms with Gasteiger partial charge in [-0.1, -0.05) is 73.5 Å². The molecule has 0 spiro atoms. The number of nitrogens with zero attached hydrogens (tertiary/aromatic N) is 1. The van der Waals surface area contributed by atoms with Gasteiger partial charge in [0.2, 0.25) is 11.8 Å². The predicted molar refractivity (Wildman–Crippen MR) is 127 cm³/mol. The van der Waals surface area contributed by atoms with E-state index >= 15 is 0 Å². The van der Waals surface area contributed by atoms with E-state index < -0.39 is 6.04 Å². The standard InChI is InChI=1S/C24H31ClN2O2S/c1-3-4-15-26-24(29)19(2)27(17-21-12-8-9-13-22(21)25)23(28)14-16-30-18-20-10-6-5-7-11-20/h5-13,19H,3-4,14-18H2,1-2H3,(H,26,29). The maximum Gasteiger partial charge on any atom is 0.242 e. The SMILES string of the molecule is CCCCNC(=O)C(C)N(Cc1ccccc1Cl)C(=O)CCSCc1ccccc1. The lowest BCUT2D eigenvalue weighted by Crippen LogP contribution is -2.47. The van der Waals surface area contributed by atoms with Crippen molar-refractivity contribution in [2.24, 2.45) is 0 Å². The minimum absolute atomic E-state index is 0.0337. The van der Waals surface area contributed by atoms with Crippen LogP contribution in [0.1, 0.15) is 44.2 Å². The highest BCUT2D eigenvalue weighted by atomic mass is 35.5. The molecule has 1 N–H and O–H groups in total. The Balaban J connectivity index is 1.98. The van der Waals surface area contributed by atoms with Gasteiger partial charge < -0.3 is 10.2 Å². The summed E-state index contributed by atoms with van der Waals surface area (Å²) in [5, 5.41) is 3.54. The molecule has 0 fully saturated rings. The fourth-order valence-corrected chi connectivity index (χ4v) is 4.08. The van der Waals surface area contributed by atoms with Crippen LogP contribution in [0.5, 0.6) is 0 Å². The molecule has 0 heterocycles. The maximum atomic E-state index is 13.0. The number of carbonyl (C=O) groups is 2. The van der Waals surface area contributed by atoms with E-state index in [1.165, 1.54) is 5.56 Å². The van der Waals surface area contributed by atoms with Gasteiger partial charge in [-0.25, -0.2) is 0 Å². The summed E-state index contributed by atoms with van der Waals surface area (Å²) < 4.78 is 0. The number of hydrogen-bond donors (Lipinski definition) is 1. The van der Waals surface area contributed by atoms with Gasteiger partial charge in [-0.3, -0.25) is 9.59 Å². The first-order chi connectivity index (χ1) is 14.5. The van der Waals surface area contributed by atoms with E-state index in [9.17, 15) is 9.59 Å². The van der Waals surface area contributed by atoms with Crippen molar-refractivity contribution in [2.45, 2.75) is 51.4 Å². The molecule has 0 aromatic heterocycles. The van der Waals surface area contributed by atoms with Gasteiger partial charge in [0.15, 0.2) is 0 Å². The van der Waals surface area contributed by atoms with Crippen LogP contribution in [-0.4, -0.2) is 35.1 Å². The van der Waals surface area contributed by atoms with Gasteiger partial charge >= 0.3 is 0 Å². The minimum atomic E-state index is -0.551. The molecule has 162 valence electrons. The normalized spacial score (nSPS) is 11.7. The Morgan fingerprint density at radius 1 is 1.10 bits per heavy atom. The summed E-state index contributed by atoms with van der Waals surface area (Å²) >= 11 is 8.04. The fourth-order valence-electron chi connectivity index (χ4n) is 3.00. The second-order valence-corrected chi connectivity index (χ2v) is 8.73. The monoisotopic (exact) mass is 446 g/mol. The first-order valence-corrected chi connectivity index (χ1v) is 12.0. The molecule has 2 rings (SSSR count). The van der Waals surface area contributed by atoms with Crippen LogP contribution in [0.4, 0.5) is 0 Å². The highest BCUT2D eigenvalue weighted by molar-refractivity contribution is 7.98. The molecule has 1 unspecified atom stereocenters. The summed E-state index contributed by atoms with van der Waals surface area (Å²) in [6, 6.07) is 17.1. The van der Waals surface area contributed by atoms with Crippen LogP contribution in [0, 0.1) is 0 Å². The molecule has 0 bridgehead atoms. The number of hydrogen-bond acceptors (Lipinski definition) is 3. The lowest BCUT2D eigenvalue weighted by Gasteiger charge is -2.29. The van der Waals surface area contributed by atoms with E-state index in [0.29, 0.717) is 30.3 Å². The Bertz CT molecular complexity index is 801. The molecule has 0 aliphatic heterocycles. The van der Waals surface area contributed by atoms with Crippen molar-refractivity contribution in [2.75, 3.05) is 12.3 Å². The Morgan fingerprint density at radius 3 is 2.50 bits per heavy atom. The van der Waals surface area contributed by atoms with Crippen LogP contribution in [0.15, 0.2) is 54.6 Å². The Kier molecular flexibility index (Phi) is 10.8. The van der Waals surface area contributed by atoms with Crippen molar-refractivity contribution in [1.29, 1.82) is 0 Å². The number of nitrogens with one attached hydrogen (secondary N) is 1. The van der Waals surface area contributed by atoms with Crippen LogP contribution >= 0.6 is 23.4 Å². The number of unbranched alkanes of at least 4 members (excludes halogenated alkanes) is 1. The number of carbonyl (C=O) groups excluding carboxylic acids is 2. The molecular weight excluding hydrogens is 416 g/mol. The fraction of sp³-hybridized carbons (Fsp3) is 0.417. The largest absolute Gasteiger partial charge is 0.354 e. The summed E-state index contributed by atoms with van der Waals surface area (Å²) in [6.07, 6.45) is 2.32. The molecule has 0 saturated heterocycles. The van der Waals surface area contributed by atoms with Crippen LogP contribution in [-0.2, 0) is 21.9 Å². The van der Waals surface area contributed by atoms with Crippen molar-refractivity contribution in [1.82, 2.24) is 10.2 Å². The van der Waals surface area contributed by atoms with Crippen molar-refractivity contribution in [3.05, 3.63) is 70.7 Å². The molecule has 30 heavy (non-hydrogen) atoms. The second-order valence-electron chi connectivity index (χ2n) is 7.22. The zero-order valence-corrected chi connectivity index (χ0v) is 19.3. The summed E-state index contributed by atoms with van der Waals surface area (Å²) in [6.45, 7) is 4.81. The molecule has 6 heteroatoms. The number of halogens is 1. The molecule has 0 radical (unpaired) electrons. The zero-order chi connectivity index (χ0) is 21.8. The molecule has 0 aliphatic rings. The van der Waals surface area contributed by atoms with E-state index in [0.717, 1.165) is 24.2 Å². The average Bonchev–Trinajstić information content (AvgIpc) is 2.76. The van der Waals surface area contributed by atoms with Crippen LogP contribution in [0.3, 0.4) is 0 Å². The highest BCUT2D eigenvalue weighted by Crippen LogP contribution is 2.20. The Morgan fingerprint density at radius 2 is 1.80 bits per heavy atom. The third-order valence-corrected chi connectivity index (χ3v) is 6.27. The maximum absolute atomic E-state index is 13.0. The van der Waals surface area contributed by atoms with Gasteiger partial charge in [-0.2, -0.15) is 11.8 Å². The van der Waals surface area contributed by atoms with E-state index in [2.05, 4.69) is 24.4 Å². The van der Waals surface area contributed by atoms with Crippen molar-refractivity contribution in [3.63, 3.8) is 0 Å². The first kappa shape index (κ1) is 24.3. The summed E-state index contributed by atoms with van der Waals surface area (Å²) in [5.41, 5.74) is 2.09. The van der Waals surface area contributed by atoms with E-state index in [4.69, 9.17) is 11.6 Å². The van der Waals surface area contributed by atoms with Gasteiger partial charge in [0.1, 0.15) is 6.04 Å². The Labute approximate surface area is 189 Å². The van der Waals surface area contributed by atoms with Gasteiger partial charge in [-0.15, -0.1) is 0 Å². The van der Waals surface area contributed by atoms with E-state index in [1.54, 1.807) is 29.7 Å². The number of amides is 2. The van der Waals surface area contributed by atoms with Crippen LogP contribution < -0.4 is 5.32 Å². The van der Waals surface area contributed by atoms with Gasteiger partial charge in [0, 0.05) is 36.0 Å². The molecule has 2 amide bonds. The lowest BCUT2D eigenvalue weighted by molar-refractivity contribution is -0.140. The van der Waals surface area contributed by atoms with Gasteiger partial charge in [0.25, 0.3) is 0 Å². The number of benzene rings is 2. The molecule has 2 aromatic carbocycles. The van der Waals surface area contributed by atoms with E-state index in [1.807, 2.05) is 36.4 Å². The molecule has 0 aliphatic carbocycles. The average molecular weight is 447 g/mol.